The maximum atomic E-state index is 12.3. The Morgan fingerprint density at radius 3 is 2.92 bits per heavy atom. The van der Waals surface area contributed by atoms with E-state index in [1.54, 1.807) is 13.3 Å². The average Bonchev–Trinajstić information content (AvgIpc) is 3.01. The summed E-state index contributed by atoms with van der Waals surface area (Å²) in [5, 5.41) is 5.95. The molecule has 1 heterocycles. The number of aryl methyl sites for hydroxylation is 1. The fourth-order valence-electron chi connectivity index (χ4n) is 3.26. The lowest BCUT2D eigenvalue weighted by molar-refractivity contribution is 0.0459. The summed E-state index contributed by atoms with van der Waals surface area (Å²) in [5.41, 5.74) is 1.71. The molecule has 6 nitrogen and oxygen atoms in total. The molecule has 0 aliphatic heterocycles. The number of nitrogens with zero attached hydrogens (tertiary/aromatic N) is 2. The second-order valence-electron chi connectivity index (χ2n) is 6.21. The van der Waals surface area contributed by atoms with Crippen molar-refractivity contribution >= 4 is 11.7 Å². The van der Waals surface area contributed by atoms with Crippen molar-refractivity contribution < 1.29 is 9.53 Å². The number of nitrogens with one attached hydrogen (secondary N) is 2. The van der Waals surface area contributed by atoms with E-state index in [1.165, 1.54) is 0 Å². The van der Waals surface area contributed by atoms with Gasteiger partial charge in [-0.1, -0.05) is 25.0 Å². The van der Waals surface area contributed by atoms with Gasteiger partial charge in [-0.05, 0) is 25.0 Å². The van der Waals surface area contributed by atoms with Crippen LogP contribution in [-0.2, 0) is 11.8 Å². The summed E-state index contributed by atoms with van der Waals surface area (Å²) >= 11 is 0. The van der Waals surface area contributed by atoms with Gasteiger partial charge in [0.1, 0.15) is 5.82 Å². The Kier molecular flexibility index (Phi) is 5.15. The van der Waals surface area contributed by atoms with Crippen molar-refractivity contribution in [3.05, 3.63) is 36.7 Å². The van der Waals surface area contributed by atoms with E-state index in [1.807, 2.05) is 42.1 Å². The zero-order chi connectivity index (χ0) is 16.9. The molecule has 1 saturated carbocycles. The van der Waals surface area contributed by atoms with E-state index in [2.05, 4.69) is 15.6 Å². The molecule has 0 spiro atoms. The van der Waals surface area contributed by atoms with Gasteiger partial charge in [-0.15, -0.1) is 0 Å². The topological polar surface area (TPSA) is 68.2 Å². The van der Waals surface area contributed by atoms with Crippen molar-refractivity contribution in [1.82, 2.24) is 14.9 Å². The SMILES string of the molecule is CO[C@H]1CCCC[C@@H]1NC(=O)Nc1cccc(-c2nccn2C)c1. The van der Waals surface area contributed by atoms with E-state index in [9.17, 15) is 4.79 Å². The summed E-state index contributed by atoms with van der Waals surface area (Å²) in [7, 11) is 3.65. The fraction of sp³-hybridized carbons (Fsp3) is 0.444. The van der Waals surface area contributed by atoms with Gasteiger partial charge in [-0.2, -0.15) is 0 Å². The minimum atomic E-state index is -0.194. The van der Waals surface area contributed by atoms with E-state index >= 15 is 0 Å². The van der Waals surface area contributed by atoms with Crippen molar-refractivity contribution in [3.63, 3.8) is 0 Å². The Hall–Kier alpha value is -2.34. The molecule has 0 bridgehead atoms. The molecular formula is C18H24N4O2. The van der Waals surface area contributed by atoms with Crippen LogP contribution in [-0.4, -0.2) is 34.8 Å². The molecule has 0 radical (unpaired) electrons. The highest BCUT2D eigenvalue weighted by Crippen LogP contribution is 2.22. The highest BCUT2D eigenvalue weighted by molar-refractivity contribution is 5.90. The lowest BCUT2D eigenvalue weighted by Gasteiger charge is -2.31. The van der Waals surface area contributed by atoms with Crippen LogP contribution in [0.2, 0.25) is 0 Å². The van der Waals surface area contributed by atoms with E-state index in [4.69, 9.17) is 4.74 Å². The molecule has 2 amide bonds. The zero-order valence-corrected chi connectivity index (χ0v) is 14.2. The van der Waals surface area contributed by atoms with E-state index in [0.717, 1.165) is 42.8 Å². The first-order chi connectivity index (χ1) is 11.7. The molecule has 0 unspecified atom stereocenters. The van der Waals surface area contributed by atoms with Crippen molar-refractivity contribution in [2.24, 2.45) is 7.05 Å². The molecule has 0 saturated heterocycles. The summed E-state index contributed by atoms with van der Waals surface area (Å²) in [6.07, 6.45) is 7.99. The van der Waals surface area contributed by atoms with Crippen LogP contribution in [0.25, 0.3) is 11.4 Å². The quantitative estimate of drug-likeness (QED) is 0.906. The second-order valence-corrected chi connectivity index (χ2v) is 6.21. The third kappa shape index (κ3) is 3.76. The maximum Gasteiger partial charge on any atom is 0.319 e. The van der Waals surface area contributed by atoms with Crippen molar-refractivity contribution in [2.75, 3.05) is 12.4 Å². The highest BCUT2D eigenvalue weighted by Gasteiger charge is 2.26. The lowest BCUT2D eigenvalue weighted by atomic mass is 9.92. The summed E-state index contributed by atoms with van der Waals surface area (Å²) in [4.78, 5) is 16.6. The molecule has 3 rings (SSSR count). The van der Waals surface area contributed by atoms with Gasteiger partial charge in [0.15, 0.2) is 0 Å². The number of rotatable bonds is 4. The number of carbonyl (C=O) groups is 1. The average molecular weight is 328 g/mol. The van der Waals surface area contributed by atoms with Crippen LogP contribution in [0.15, 0.2) is 36.7 Å². The van der Waals surface area contributed by atoms with Crippen LogP contribution < -0.4 is 10.6 Å². The van der Waals surface area contributed by atoms with Gasteiger partial charge in [0, 0.05) is 37.8 Å². The van der Waals surface area contributed by atoms with Crippen LogP contribution in [0.4, 0.5) is 10.5 Å². The number of anilines is 1. The number of benzene rings is 1. The van der Waals surface area contributed by atoms with E-state index in [-0.39, 0.29) is 18.2 Å². The van der Waals surface area contributed by atoms with Crippen molar-refractivity contribution in [3.8, 4) is 11.4 Å². The number of hydrogen-bond donors (Lipinski definition) is 2. The van der Waals surface area contributed by atoms with Gasteiger partial charge in [0.05, 0.1) is 12.1 Å². The molecule has 1 aliphatic carbocycles. The minimum absolute atomic E-state index is 0.0708. The number of ether oxygens (including phenoxy) is 1. The molecule has 128 valence electrons. The third-order valence-electron chi connectivity index (χ3n) is 4.52. The predicted octanol–water partition coefficient (Wildman–Crippen LogP) is 3.17. The van der Waals surface area contributed by atoms with Crippen LogP contribution in [0, 0.1) is 0 Å². The van der Waals surface area contributed by atoms with Crippen LogP contribution in [0.3, 0.4) is 0 Å². The van der Waals surface area contributed by atoms with Crippen LogP contribution in [0.1, 0.15) is 25.7 Å². The van der Waals surface area contributed by atoms with Gasteiger partial charge < -0.3 is 19.9 Å². The maximum absolute atomic E-state index is 12.3. The van der Waals surface area contributed by atoms with Gasteiger partial charge >= 0.3 is 6.03 Å². The molecule has 1 aromatic carbocycles. The molecule has 2 aromatic rings. The monoisotopic (exact) mass is 328 g/mol. The Balaban J connectivity index is 1.65. The fourth-order valence-corrected chi connectivity index (χ4v) is 3.26. The number of amides is 2. The van der Waals surface area contributed by atoms with Gasteiger partial charge in [-0.3, -0.25) is 0 Å². The lowest BCUT2D eigenvalue weighted by Crippen LogP contribution is -2.47. The third-order valence-corrected chi connectivity index (χ3v) is 4.52. The van der Waals surface area contributed by atoms with Crippen LogP contribution in [0.5, 0.6) is 0 Å². The van der Waals surface area contributed by atoms with Crippen molar-refractivity contribution in [1.29, 1.82) is 0 Å². The smallest absolute Gasteiger partial charge is 0.319 e. The zero-order valence-electron chi connectivity index (χ0n) is 14.2. The summed E-state index contributed by atoms with van der Waals surface area (Å²) in [5.74, 6) is 0.866. The molecule has 6 heteroatoms. The van der Waals surface area contributed by atoms with Gasteiger partial charge in [-0.25, -0.2) is 9.78 Å². The summed E-state index contributed by atoms with van der Waals surface area (Å²) in [6, 6.07) is 7.57. The first kappa shape index (κ1) is 16.5. The minimum Gasteiger partial charge on any atom is -0.379 e. The molecule has 1 aliphatic rings. The molecule has 2 N–H and O–H groups in total. The molecule has 2 atom stereocenters. The Morgan fingerprint density at radius 1 is 1.33 bits per heavy atom. The number of carbonyl (C=O) groups excluding carboxylic acids is 1. The molecule has 1 fully saturated rings. The summed E-state index contributed by atoms with van der Waals surface area (Å²) < 4.78 is 7.43. The Labute approximate surface area is 142 Å². The van der Waals surface area contributed by atoms with Crippen LogP contribution >= 0.6 is 0 Å². The Morgan fingerprint density at radius 2 is 2.17 bits per heavy atom. The number of hydrogen-bond acceptors (Lipinski definition) is 3. The largest absolute Gasteiger partial charge is 0.379 e. The van der Waals surface area contributed by atoms with E-state index in [0.29, 0.717) is 0 Å². The molecule has 1 aromatic heterocycles. The Bertz CT molecular complexity index is 698. The number of methoxy groups -OCH3 is 1. The first-order valence-corrected chi connectivity index (χ1v) is 8.35. The molecule has 24 heavy (non-hydrogen) atoms. The van der Waals surface area contributed by atoms with Gasteiger partial charge in [0.25, 0.3) is 0 Å². The van der Waals surface area contributed by atoms with E-state index < -0.39 is 0 Å². The molecular weight excluding hydrogens is 304 g/mol. The highest BCUT2D eigenvalue weighted by atomic mass is 16.5. The standard InChI is InChI=1S/C18H24N4O2/c1-22-11-10-19-17(22)13-6-5-7-14(12-13)20-18(23)21-15-8-3-4-9-16(15)24-2/h5-7,10-12,15-16H,3-4,8-9H2,1-2H3,(H2,20,21,23)/t15-,16-/m0/s1. The number of urea groups is 1. The predicted molar refractivity (Wildman–Crippen MR) is 93.9 cm³/mol. The summed E-state index contributed by atoms with van der Waals surface area (Å²) in [6.45, 7) is 0. The second kappa shape index (κ2) is 7.49. The first-order valence-electron chi connectivity index (χ1n) is 8.35. The number of aromatic nitrogens is 2. The van der Waals surface area contributed by atoms with Crippen molar-refractivity contribution in [2.45, 2.75) is 37.8 Å². The van der Waals surface area contributed by atoms with Gasteiger partial charge in [0.2, 0.25) is 0 Å². The normalized spacial score (nSPS) is 20.6. The number of imidazole rings is 1.